The molecule has 1 fully saturated rings. The first-order valence-electron chi connectivity index (χ1n) is 9.46. The molecule has 5 rings (SSSR count). The molecule has 29 heavy (non-hydrogen) atoms. The topological polar surface area (TPSA) is 72.7 Å². The van der Waals surface area contributed by atoms with E-state index in [0.717, 1.165) is 35.3 Å². The van der Waals surface area contributed by atoms with Crippen LogP contribution in [-0.2, 0) is 0 Å². The maximum absolute atomic E-state index is 12.5. The molecular weight excluding hydrogens is 386 g/mol. The number of hydrogen-bond acceptors (Lipinski definition) is 4. The molecule has 1 saturated carbocycles. The van der Waals surface area contributed by atoms with E-state index < -0.39 is 0 Å². The van der Waals surface area contributed by atoms with Crippen LogP contribution in [0.1, 0.15) is 28.8 Å². The van der Waals surface area contributed by atoms with E-state index in [9.17, 15) is 4.79 Å². The molecule has 0 saturated heterocycles. The van der Waals surface area contributed by atoms with E-state index in [4.69, 9.17) is 11.6 Å². The van der Waals surface area contributed by atoms with E-state index in [1.807, 2.05) is 54.0 Å². The molecular formula is C22H18ClN5O. The van der Waals surface area contributed by atoms with Crippen LogP contribution in [0.25, 0.3) is 28.1 Å². The van der Waals surface area contributed by atoms with Gasteiger partial charge in [-0.3, -0.25) is 9.36 Å². The van der Waals surface area contributed by atoms with Gasteiger partial charge >= 0.3 is 0 Å². The quantitative estimate of drug-likeness (QED) is 0.550. The molecule has 2 aromatic heterocycles. The zero-order chi connectivity index (χ0) is 20.0. The van der Waals surface area contributed by atoms with Crippen molar-refractivity contribution in [3.8, 4) is 16.9 Å². The van der Waals surface area contributed by atoms with Crippen LogP contribution in [0.2, 0.25) is 5.02 Å². The van der Waals surface area contributed by atoms with Crippen molar-refractivity contribution in [1.82, 2.24) is 24.8 Å². The van der Waals surface area contributed by atoms with Crippen molar-refractivity contribution >= 4 is 28.7 Å². The van der Waals surface area contributed by atoms with Gasteiger partial charge in [0.1, 0.15) is 23.9 Å². The van der Waals surface area contributed by atoms with Crippen LogP contribution in [-0.4, -0.2) is 31.5 Å². The average molecular weight is 404 g/mol. The zero-order valence-electron chi connectivity index (χ0n) is 15.8. The van der Waals surface area contributed by atoms with Gasteiger partial charge in [-0.15, -0.1) is 0 Å². The third-order valence-electron chi connectivity index (χ3n) is 5.07. The van der Waals surface area contributed by atoms with Crippen molar-refractivity contribution in [3.63, 3.8) is 0 Å². The first-order chi connectivity index (χ1) is 14.1. The van der Waals surface area contributed by atoms with Gasteiger partial charge in [-0.25, -0.2) is 15.0 Å². The molecule has 4 aromatic rings. The van der Waals surface area contributed by atoms with Crippen molar-refractivity contribution in [1.29, 1.82) is 0 Å². The summed E-state index contributed by atoms with van der Waals surface area (Å²) in [6, 6.07) is 13.5. The number of fused-ring (bicyclic) bond motifs is 1. The molecule has 0 spiro atoms. The molecule has 0 aliphatic heterocycles. The number of halogens is 1. The van der Waals surface area contributed by atoms with Gasteiger partial charge in [-0.2, -0.15) is 0 Å². The van der Waals surface area contributed by atoms with E-state index in [1.54, 1.807) is 6.33 Å². The molecule has 2 aromatic carbocycles. The number of nitrogens with zero attached hydrogens (tertiary/aromatic N) is 4. The lowest BCUT2D eigenvalue weighted by Crippen LogP contribution is -2.25. The minimum atomic E-state index is -0.0487. The minimum absolute atomic E-state index is 0.0487. The fraction of sp³-hybridized carbons (Fsp3) is 0.182. The largest absolute Gasteiger partial charge is 0.349 e. The summed E-state index contributed by atoms with van der Waals surface area (Å²) in [5, 5.41) is 3.67. The molecule has 0 unspecified atom stereocenters. The normalized spacial score (nSPS) is 13.6. The predicted octanol–water partition coefficient (Wildman–Crippen LogP) is 4.34. The number of benzene rings is 2. The SMILES string of the molecule is Cc1ccc(C(=O)NC2CC2)cc1-n1cnc2c(-c3cccc(Cl)c3)ncnc21. The van der Waals surface area contributed by atoms with Crippen LogP contribution in [0, 0.1) is 6.92 Å². The standard InChI is InChI=1S/C22H18ClN5O/c1-13-5-6-15(22(29)27-17-7-8-17)10-18(13)28-12-26-20-19(24-11-25-21(20)28)14-3-2-4-16(23)9-14/h2-6,9-12,17H,7-8H2,1H3,(H,27,29). The highest BCUT2D eigenvalue weighted by Crippen LogP contribution is 2.28. The number of imidazole rings is 1. The van der Waals surface area contributed by atoms with Crippen molar-refractivity contribution < 1.29 is 4.79 Å². The summed E-state index contributed by atoms with van der Waals surface area (Å²) >= 11 is 6.15. The van der Waals surface area contributed by atoms with Gasteiger partial charge in [0.25, 0.3) is 5.91 Å². The van der Waals surface area contributed by atoms with Gasteiger partial charge in [-0.05, 0) is 49.6 Å². The Labute approximate surface area is 172 Å². The molecule has 6 nitrogen and oxygen atoms in total. The van der Waals surface area contributed by atoms with Crippen LogP contribution >= 0.6 is 11.6 Å². The third-order valence-corrected chi connectivity index (χ3v) is 5.31. The van der Waals surface area contributed by atoms with E-state index in [2.05, 4.69) is 20.3 Å². The fourth-order valence-electron chi connectivity index (χ4n) is 3.36. The Morgan fingerprint density at radius 3 is 2.79 bits per heavy atom. The van der Waals surface area contributed by atoms with Crippen molar-refractivity contribution in [3.05, 3.63) is 71.3 Å². The molecule has 0 bridgehead atoms. The Bertz CT molecular complexity index is 1250. The lowest BCUT2D eigenvalue weighted by molar-refractivity contribution is 0.0951. The summed E-state index contributed by atoms with van der Waals surface area (Å²) in [4.78, 5) is 25.9. The zero-order valence-corrected chi connectivity index (χ0v) is 16.5. The Morgan fingerprint density at radius 1 is 1.14 bits per heavy atom. The highest BCUT2D eigenvalue weighted by Gasteiger charge is 2.24. The molecule has 1 aliphatic carbocycles. The highest BCUT2D eigenvalue weighted by atomic mass is 35.5. The first-order valence-corrected chi connectivity index (χ1v) is 9.84. The summed E-state index contributed by atoms with van der Waals surface area (Å²) in [7, 11) is 0. The van der Waals surface area contributed by atoms with E-state index in [0.29, 0.717) is 27.8 Å². The summed E-state index contributed by atoms with van der Waals surface area (Å²) in [5.41, 5.74) is 5.48. The number of nitrogens with one attached hydrogen (secondary N) is 1. The lowest BCUT2D eigenvalue weighted by atomic mass is 10.1. The smallest absolute Gasteiger partial charge is 0.251 e. The van der Waals surface area contributed by atoms with Gasteiger partial charge < -0.3 is 5.32 Å². The van der Waals surface area contributed by atoms with Crippen LogP contribution in [0.4, 0.5) is 0 Å². The number of aromatic nitrogens is 4. The molecule has 0 radical (unpaired) electrons. The molecule has 1 aliphatic rings. The number of carbonyl (C=O) groups excluding carboxylic acids is 1. The molecule has 7 heteroatoms. The maximum atomic E-state index is 12.5. The Morgan fingerprint density at radius 2 is 2.00 bits per heavy atom. The van der Waals surface area contributed by atoms with Crippen molar-refractivity contribution in [2.24, 2.45) is 0 Å². The van der Waals surface area contributed by atoms with E-state index in [-0.39, 0.29) is 5.91 Å². The monoisotopic (exact) mass is 403 g/mol. The molecule has 144 valence electrons. The van der Waals surface area contributed by atoms with Crippen LogP contribution in [0.5, 0.6) is 0 Å². The summed E-state index contributed by atoms with van der Waals surface area (Å²) in [5.74, 6) is -0.0487. The van der Waals surface area contributed by atoms with Gasteiger partial charge in [0.05, 0.1) is 5.69 Å². The van der Waals surface area contributed by atoms with Gasteiger partial charge in [-0.1, -0.05) is 29.8 Å². The maximum Gasteiger partial charge on any atom is 0.251 e. The van der Waals surface area contributed by atoms with Gasteiger partial charge in [0.2, 0.25) is 0 Å². The van der Waals surface area contributed by atoms with Crippen molar-refractivity contribution in [2.45, 2.75) is 25.8 Å². The second-order valence-corrected chi connectivity index (χ2v) is 7.70. The summed E-state index contributed by atoms with van der Waals surface area (Å²) in [6.45, 7) is 2.00. The number of rotatable bonds is 4. The second kappa shape index (κ2) is 6.97. The fourth-order valence-corrected chi connectivity index (χ4v) is 3.55. The van der Waals surface area contributed by atoms with Gasteiger partial charge in [0.15, 0.2) is 5.65 Å². The molecule has 1 amide bonds. The minimum Gasteiger partial charge on any atom is -0.349 e. The van der Waals surface area contributed by atoms with Crippen molar-refractivity contribution in [2.75, 3.05) is 0 Å². The highest BCUT2D eigenvalue weighted by molar-refractivity contribution is 6.30. The number of amides is 1. The Hall–Kier alpha value is -3.25. The second-order valence-electron chi connectivity index (χ2n) is 7.27. The number of carbonyl (C=O) groups is 1. The first kappa shape index (κ1) is 17.8. The third kappa shape index (κ3) is 3.36. The summed E-state index contributed by atoms with van der Waals surface area (Å²) in [6.07, 6.45) is 5.35. The van der Waals surface area contributed by atoms with Crippen LogP contribution < -0.4 is 5.32 Å². The molecule has 2 heterocycles. The van der Waals surface area contributed by atoms with E-state index >= 15 is 0 Å². The average Bonchev–Trinajstić information content (AvgIpc) is 3.43. The summed E-state index contributed by atoms with van der Waals surface area (Å²) < 4.78 is 1.90. The number of aryl methyl sites for hydroxylation is 1. The van der Waals surface area contributed by atoms with E-state index in [1.165, 1.54) is 6.33 Å². The lowest BCUT2D eigenvalue weighted by Gasteiger charge is -2.11. The molecule has 1 N–H and O–H groups in total. The Balaban J connectivity index is 1.61. The Kier molecular flexibility index (Phi) is 4.28. The number of hydrogen-bond donors (Lipinski definition) is 1. The van der Waals surface area contributed by atoms with Crippen LogP contribution in [0.15, 0.2) is 55.1 Å². The predicted molar refractivity (Wildman–Crippen MR) is 112 cm³/mol. The van der Waals surface area contributed by atoms with Crippen LogP contribution in [0.3, 0.4) is 0 Å². The molecule has 0 atom stereocenters. The van der Waals surface area contributed by atoms with Gasteiger partial charge in [0, 0.05) is 22.2 Å².